The molecule has 1 aliphatic rings. The number of carbonyl (C=O) groups is 1. The molecular weight excluding hydrogens is 248 g/mol. The number of hydrogen-bond acceptors (Lipinski definition) is 4. The lowest BCUT2D eigenvalue weighted by atomic mass is 10.0. The zero-order valence-electron chi connectivity index (χ0n) is 10.7. The van der Waals surface area contributed by atoms with E-state index in [0.717, 1.165) is 12.8 Å². The van der Waals surface area contributed by atoms with Crippen LogP contribution in [-0.2, 0) is 0 Å². The molecule has 0 bridgehead atoms. The van der Waals surface area contributed by atoms with Gasteiger partial charge < -0.3 is 10.4 Å². The van der Waals surface area contributed by atoms with E-state index >= 15 is 0 Å². The molecule has 2 rings (SSSR count). The second-order valence-corrected chi connectivity index (χ2v) is 5.07. The summed E-state index contributed by atoms with van der Waals surface area (Å²) in [6.07, 6.45) is 1.75. The minimum atomic E-state index is -0.555. The molecule has 6 nitrogen and oxygen atoms in total. The first-order valence-electron chi connectivity index (χ1n) is 6.12. The molecule has 0 radical (unpaired) electrons. The van der Waals surface area contributed by atoms with E-state index < -0.39 is 10.8 Å². The van der Waals surface area contributed by atoms with E-state index in [1.165, 1.54) is 6.07 Å². The van der Waals surface area contributed by atoms with Crippen molar-refractivity contribution >= 4 is 11.6 Å². The van der Waals surface area contributed by atoms with Crippen LogP contribution in [0.1, 0.15) is 28.8 Å². The molecule has 6 heteroatoms. The van der Waals surface area contributed by atoms with E-state index in [1.807, 2.05) is 0 Å². The standard InChI is InChI=1S/C13H16N2O4/c1-9-3-2-4-10(15(18)19)11(9)12(17)14-7-13(8-16)5-6-13/h2-4,16H,5-8H2,1H3,(H,14,17). The van der Waals surface area contributed by atoms with Crippen LogP contribution in [0.15, 0.2) is 18.2 Å². The van der Waals surface area contributed by atoms with Crippen molar-refractivity contribution < 1.29 is 14.8 Å². The molecule has 1 fully saturated rings. The summed E-state index contributed by atoms with van der Waals surface area (Å²) in [5, 5.41) is 22.8. The fourth-order valence-electron chi connectivity index (χ4n) is 2.02. The summed E-state index contributed by atoms with van der Waals surface area (Å²) in [4.78, 5) is 22.5. The Bertz CT molecular complexity index is 523. The Kier molecular flexibility index (Phi) is 3.53. The topological polar surface area (TPSA) is 92.5 Å². The lowest BCUT2D eigenvalue weighted by Crippen LogP contribution is -2.32. The molecule has 1 aliphatic carbocycles. The second-order valence-electron chi connectivity index (χ2n) is 5.07. The molecule has 0 unspecified atom stereocenters. The van der Waals surface area contributed by atoms with Gasteiger partial charge in [-0.3, -0.25) is 14.9 Å². The summed E-state index contributed by atoms with van der Waals surface area (Å²) >= 11 is 0. The third kappa shape index (κ3) is 2.73. The number of hydrogen-bond donors (Lipinski definition) is 2. The van der Waals surface area contributed by atoms with Crippen LogP contribution in [0, 0.1) is 22.5 Å². The minimum Gasteiger partial charge on any atom is -0.396 e. The number of nitro benzene ring substituents is 1. The van der Waals surface area contributed by atoms with Crippen molar-refractivity contribution in [3.8, 4) is 0 Å². The molecule has 0 aliphatic heterocycles. The van der Waals surface area contributed by atoms with Crippen molar-refractivity contribution in [3.05, 3.63) is 39.4 Å². The highest BCUT2D eigenvalue weighted by molar-refractivity contribution is 5.99. The van der Waals surface area contributed by atoms with Gasteiger partial charge in [-0.05, 0) is 25.3 Å². The maximum atomic E-state index is 12.1. The number of rotatable bonds is 5. The summed E-state index contributed by atoms with van der Waals surface area (Å²) < 4.78 is 0. The van der Waals surface area contributed by atoms with Crippen LogP contribution in [-0.4, -0.2) is 29.1 Å². The molecule has 2 N–H and O–H groups in total. The molecule has 0 aromatic heterocycles. The van der Waals surface area contributed by atoms with Crippen molar-refractivity contribution in [1.29, 1.82) is 0 Å². The highest BCUT2D eigenvalue weighted by Crippen LogP contribution is 2.44. The van der Waals surface area contributed by atoms with Crippen LogP contribution in [0.5, 0.6) is 0 Å². The summed E-state index contributed by atoms with van der Waals surface area (Å²) in [5.41, 5.74) is 0.265. The lowest BCUT2D eigenvalue weighted by Gasteiger charge is -2.13. The van der Waals surface area contributed by atoms with E-state index in [1.54, 1.807) is 19.1 Å². The zero-order chi connectivity index (χ0) is 14.0. The fourth-order valence-corrected chi connectivity index (χ4v) is 2.02. The third-order valence-corrected chi connectivity index (χ3v) is 3.59. The summed E-state index contributed by atoms with van der Waals surface area (Å²) in [6, 6.07) is 4.54. The molecule has 102 valence electrons. The van der Waals surface area contributed by atoms with Gasteiger partial charge in [0.25, 0.3) is 11.6 Å². The Balaban J connectivity index is 2.17. The van der Waals surface area contributed by atoms with Gasteiger partial charge in [0.05, 0.1) is 11.5 Å². The van der Waals surface area contributed by atoms with Crippen molar-refractivity contribution in [1.82, 2.24) is 5.32 Å². The Labute approximate surface area is 110 Å². The Morgan fingerprint density at radius 2 is 2.21 bits per heavy atom. The number of aliphatic hydroxyl groups excluding tert-OH is 1. The van der Waals surface area contributed by atoms with Crippen LogP contribution >= 0.6 is 0 Å². The van der Waals surface area contributed by atoms with Crippen molar-refractivity contribution in [2.24, 2.45) is 5.41 Å². The number of benzene rings is 1. The van der Waals surface area contributed by atoms with Gasteiger partial charge in [0.2, 0.25) is 0 Å². The van der Waals surface area contributed by atoms with Crippen LogP contribution in [0.25, 0.3) is 0 Å². The number of aliphatic hydroxyl groups is 1. The quantitative estimate of drug-likeness (QED) is 0.621. The van der Waals surface area contributed by atoms with Crippen LogP contribution in [0.3, 0.4) is 0 Å². The van der Waals surface area contributed by atoms with E-state index in [0.29, 0.717) is 12.1 Å². The molecule has 0 heterocycles. The maximum absolute atomic E-state index is 12.1. The minimum absolute atomic E-state index is 0.0309. The van der Waals surface area contributed by atoms with Gasteiger partial charge in [0.15, 0.2) is 0 Å². The number of aryl methyl sites for hydroxylation is 1. The van der Waals surface area contributed by atoms with Gasteiger partial charge in [-0.25, -0.2) is 0 Å². The SMILES string of the molecule is Cc1cccc([N+](=O)[O-])c1C(=O)NCC1(CO)CC1. The largest absolute Gasteiger partial charge is 0.396 e. The number of carbonyl (C=O) groups excluding carboxylic acids is 1. The molecule has 0 spiro atoms. The summed E-state index contributed by atoms with van der Waals surface area (Å²) in [5.74, 6) is -0.454. The second kappa shape index (κ2) is 4.97. The van der Waals surface area contributed by atoms with Gasteiger partial charge in [-0.1, -0.05) is 12.1 Å². The van der Waals surface area contributed by atoms with Gasteiger partial charge in [-0.15, -0.1) is 0 Å². The lowest BCUT2D eigenvalue weighted by molar-refractivity contribution is -0.385. The van der Waals surface area contributed by atoms with E-state index in [2.05, 4.69) is 5.32 Å². The van der Waals surface area contributed by atoms with Crippen LogP contribution in [0.2, 0.25) is 0 Å². The predicted molar refractivity (Wildman–Crippen MR) is 68.9 cm³/mol. The molecule has 1 aromatic carbocycles. The Morgan fingerprint density at radius 1 is 1.53 bits per heavy atom. The first kappa shape index (κ1) is 13.5. The first-order chi connectivity index (χ1) is 8.99. The van der Waals surface area contributed by atoms with Crippen LogP contribution in [0.4, 0.5) is 5.69 Å². The van der Waals surface area contributed by atoms with Gasteiger partial charge in [0.1, 0.15) is 5.56 Å². The Morgan fingerprint density at radius 3 is 2.74 bits per heavy atom. The fraction of sp³-hybridized carbons (Fsp3) is 0.462. The number of nitro groups is 1. The highest BCUT2D eigenvalue weighted by atomic mass is 16.6. The highest BCUT2D eigenvalue weighted by Gasteiger charge is 2.42. The average molecular weight is 264 g/mol. The molecular formula is C13H16N2O4. The van der Waals surface area contributed by atoms with Gasteiger partial charge in [0, 0.05) is 18.0 Å². The van der Waals surface area contributed by atoms with Gasteiger partial charge in [-0.2, -0.15) is 0 Å². The van der Waals surface area contributed by atoms with Crippen molar-refractivity contribution in [3.63, 3.8) is 0 Å². The normalized spacial score (nSPS) is 15.9. The number of nitrogens with one attached hydrogen (secondary N) is 1. The molecule has 1 saturated carbocycles. The maximum Gasteiger partial charge on any atom is 0.282 e. The Hall–Kier alpha value is -1.95. The van der Waals surface area contributed by atoms with Crippen LogP contribution < -0.4 is 5.32 Å². The zero-order valence-corrected chi connectivity index (χ0v) is 10.7. The molecule has 0 saturated heterocycles. The monoisotopic (exact) mass is 264 g/mol. The molecule has 0 atom stereocenters. The van der Waals surface area contributed by atoms with Gasteiger partial charge >= 0.3 is 0 Å². The smallest absolute Gasteiger partial charge is 0.282 e. The number of amides is 1. The molecule has 1 amide bonds. The predicted octanol–water partition coefficient (Wildman–Crippen LogP) is 1.41. The first-order valence-corrected chi connectivity index (χ1v) is 6.12. The molecule has 1 aromatic rings. The number of nitrogens with zero attached hydrogens (tertiary/aromatic N) is 1. The van der Waals surface area contributed by atoms with Crippen molar-refractivity contribution in [2.75, 3.05) is 13.2 Å². The third-order valence-electron chi connectivity index (χ3n) is 3.59. The van der Waals surface area contributed by atoms with E-state index in [9.17, 15) is 20.0 Å². The van der Waals surface area contributed by atoms with E-state index in [4.69, 9.17) is 0 Å². The summed E-state index contributed by atoms with van der Waals surface area (Å²) in [6.45, 7) is 2.05. The van der Waals surface area contributed by atoms with E-state index in [-0.39, 0.29) is 23.3 Å². The van der Waals surface area contributed by atoms with Crippen molar-refractivity contribution in [2.45, 2.75) is 19.8 Å². The average Bonchev–Trinajstić information content (AvgIpc) is 3.16. The molecule has 19 heavy (non-hydrogen) atoms. The summed E-state index contributed by atoms with van der Waals surface area (Å²) in [7, 11) is 0.